The van der Waals surface area contributed by atoms with E-state index in [9.17, 15) is 13.2 Å². The molecule has 0 spiro atoms. The molecule has 0 bridgehead atoms. The Morgan fingerprint density at radius 1 is 1.32 bits per heavy atom. The lowest BCUT2D eigenvalue weighted by molar-refractivity contribution is -0.183. The van der Waals surface area contributed by atoms with E-state index >= 15 is 0 Å². The van der Waals surface area contributed by atoms with Crippen LogP contribution in [0.15, 0.2) is 4.52 Å². The van der Waals surface area contributed by atoms with Crippen LogP contribution in [0.2, 0.25) is 0 Å². The van der Waals surface area contributed by atoms with Crippen LogP contribution in [0.4, 0.5) is 19.0 Å². The molecule has 1 saturated carbocycles. The minimum absolute atomic E-state index is 0.0812. The number of aromatic nitrogens is 1. The van der Waals surface area contributed by atoms with Crippen molar-refractivity contribution in [3.05, 3.63) is 11.3 Å². The van der Waals surface area contributed by atoms with Crippen LogP contribution in [0.5, 0.6) is 0 Å². The minimum Gasteiger partial charge on any atom is -0.381 e. The maximum Gasteiger partial charge on any atom is 0.391 e. The van der Waals surface area contributed by atoms with E-state index in [4.69, 9.17) is 10.3 Å². The van der Waals surface area contributed by atoms with Crippen molar-refractivity contribution in [1.29, 1.82) is 0 Å². The number of anilines is 1. The quantitative estimate of drug-likeness (QED) is 0.880. The van der Waals surface area contributed by atoms with Crippen LogP contribution in [-0.4, -0.2) is 11.3 Å². The summed E-state index contributed by atoms with van der Waals surface area (Å²) in [6.45, 7) is 3.88. The summed E-state index contributed by atoms with van der Waals surface area (Å²) in [6.07, 6.45) is -2.56. The second-order valence-corrected chi connectivity index (χ2v) is 5.60. The fourth-order valence-electron chi connectivity index (χ4n) is 2.92. The molecule has 1 aliphatic rings. The molecule has 0 saturated heterocycles. The van der Waals surface area contributed by atoms with E-state index in [0.29, 0.717) is 24.4 Å². The zero-order chi connectivity index (χ0) is 14.2. The fourth-order valence-corrected chi connectivity index (χ4v) is 2.92. The highest BCUT2D eigenvalue weighted by Crippen LogP contribution is 2.45. The number of nitrogen functional groups attached to an aromatic ring is 1. The lowest BCUT2D eigenvalue weighted by Gasteiger charge is -2.29. The molecule has 0 aliphatic heterocycles. The standard InChI is InChI=1S/C13H19F3N2O/c1-7(2)10-11(19-18-12(10)17)8-4-3-5-9(6-8)13(14,15)16/h7-9H,3-6H2,1-2H3,(H2,17,18). The average molecular weight is 276 g/mol. The molecule has 0 amide bonds. The first-order valence-corrected chi connectivity index (χ1v) is 6.62. The van der Waals surface area contributed by atoms with E-state index in [1.54, 1.807) is 0 Å². The largest absolute Gasteiger partial charge is 0.391 e. The number of rotatable bonds is 2. The lowest BCUT2D eigenvalue weighted by atomic mass is 9.78. The normalized spacial score (nSPS) is 24.9. The van der Waals surface area contributed by atoms with Gasteiger partial charge >= 0.3 is 6.18 Å². The van der Waals surface area contributed by atoms with E-state index in [2.05, 4.69) is 5.16 Å². The first-order valence-electron chi connectivity index (χ1n) is 6.62. The van der Waals surface area contributed by atoms with Gasteiger partial charge in [-0.3, -0.25) is 0 Å². The van der Waals surface area contributed by atoms with E-state index in [0.717, 1.165) is 5.56 Å². The molecule has 1 fully saturated rings. The molecule has 2 rings (SSSR count). The number of nitrogens with two attached hydrogens (primary N) is 1. The summed E-state index contributed by atoms with van der Waals surface area (Å²) in [5.41, 5.74) is 6.51. The van der Waals surface area contributed by atoms with Gasteiger partial charge in [0.05, 0.1) is 5.92 Å². The van der Waals surface area contributed by atoms with Crippen molar-refractivity contribution < 1.29 is 17.7 Å². The topological polar surface area (TPSA) is 52.0 Å². The maximum absolute atomic E-state index is 12.8. The fraction of sp³-hybridized carbons (Fsp3) is 0.769. The first-order chi connectivity index (χ1) is 8.80. The van der Waals surface area contributed by atoms with Crippen molar-refractivity contribution in [2.24, 2.45) is 5.92 Å². The zero-order valence-electron chi connectivity index (χ0n) is 11.1. The molecule has 0 aromatic carbocycles. The summed E-state index contributed by atoms with van der Waals surface area (Å²) >= 11 is 0. The molecule has 0 radical (unpaired) electrons. The van der Waals surface area contributed by atoms with Gasteiger partial charge in [0.25, 0.3) is 0 Å². The van der Waals surface area contributed by atoms with Gasteiger partial charge in [-0.15, -0.1) is 0 Å². The number of halogens is 3. The summed E-state index contributed by atoms with van der Waals surface area (Å²) in [5.74, 6) is -0.492. The number of nitrogens with zero attached hydrogens (tertiary/aromatic N) is 1. The molecule has 19 heavy (non-hydrogen) atoms. The Morgan fingerprint density at radius 2 is 2.00 bits per heavy atom. The Kier molecular flexibility index (Phi) is 3.78. The van der Waals surface area contributed by atoms with Crippen molar-refractivity contribution in [3.8, 4) is 0 Å². The highest BCUT2D eigenvalue weighted by molar-refractivity contribution is 5.44. The van der Waals surface area contributed by atoms with Crippen LogP contribution in [0.1, 0.15) is 62.7 Å². The molecule has 2 N–H and O–H groups in total. The smallest absolute Gasteiger partial charge is 0.381 e. The molecule has 2 unspecified atom stereocenters. The number of hydrogen-bond donors (Lipinski definition) is 1. The van der Waals surface area contributed by atoms with Gasteiger partial charge in [-0.2, -0.15) is 13.2 Å². The van der Waals surface area contributed by atoms with E-state index in [-0.39, 0.29) is 24.7 Å². The van der Waals surface area contributed by atoms with Crippen molar-refractivity contribution in [2.45, 2.75) is 57.5 Å². The van der Waals surface area contributed by atoms with E-state index < -0.39 is 12.1 Å². The number of alkyl halides is 3. The van der Waals surface area contributed by atoms with E-state index in [1.165, 1.54) is 0 Å². The molecular formula is C13H19F3N2O. The van der Waals surface area contributed by atoms with Gasteiger partial charge in [0.1, 0.15) is 5.76 Å². The third kappa shape index (κ3) is 2.87. The third-order valence-corrected chi connectivity index (χ3v) is 3.87. The predicted molar refractivity (Wildman–Crippen MR) is 65.8 cm³/mol. The molecular weight excluding hydrogens is 257 g/mol. The Morgan fingerprint density at radius 3 is 2.58 bits per heavy atom. The molecule has 3 nitrogen and oxygen atoms in total. The van der Waals surface area contributed by atoms with Crippen LogP contribution in [0.25, 0.3) is 0 Å². The molecule has 1 aromatic heterocycles. The zero-order valence-corrected chi connectivity index (χ0v) is 11.1. The van der Waals surface area contributed by atoms with Gasteiger partial charge in [0.2, 0.25) is 0 Å². The van der Waals surface area contributed by atoms with Gasteiger partial charge in [0.15, 0.2) is 5.82 Å². The maximum atomic E-state index is 12.8. The van der Waals surface area contributed by atoms with Crippen LogP contribution < -0.4 is 5.73 Å². The molecule has 108 valence electrons. The van der Waals surface area contributed by atoms with Gasteiger partial charge < -0.3 is 10.3 Å². The van der Waals surface area contributed by atoms with Crippen molar-refractivity contribution in [1.82, 2.24) is 5.16 Å². The third-order valence-electron chi connectivity index (χ3n) is 3.87. The highest BCUT2D eigenvalue weighted by Gasteiger charge is 2.43. The Hall–Kier alpha value is -1.20. The van der Waals surface area contributed by atoms with E-state index in [1.807, 2.05) is 13.8 Å². The average Bonchev–Trinajstić information content (AvgIpc) is 2.70. The Bertz CT molecular complexity index is 440. The summed E-state index contributed by atoms with van der Waals surface area (Å²) in [5, 5.41) is 3.72. The number of hydrogen-bond acceptors (Lipinski definition) is 3. The van der Waals surface area contributed by atoms with Crippen molar-refractivity contribution in [2.75, 3.05) is 5.73 Å². The van der Waals surface area contributed by atoms with Crippen LogP contribution in [0, 0.1) is 5.92 Å². The molecule has 6 heteroatoms. The minimum atomic E-state index is -4.12. The Balaban J connectivity index is 2.23. The molecule has 1 heterocycles. The summed E-state index contributed by atoms with van der Waals surface area (Å²) in [4.78, 5) is 0. The molecule has 2 atom stereocenters. The van der Waals surface area contributed by atoms with Gasteiger partial charge in [0, 0.05) is 11.5 Å². The summed E-state index contributed by atoms with van der Waals surface area (Å²) in [6, 6.07) is 0. The molecule has 1 aromatic rings. The van der Waals surface area contributed by atoms with Crippen molar-refractivity contribution >= 4 is 5.82 Å². The predicted octanol–water partition coefficient (Wildman–Crippen LogP) is 4.22. The highest BCUT2D eigenvalue weighted by atomic mass is 19.4. The second kappa shape index (κ2) is 5.06. The van der Waals surface area contributed by atoms with Gasteiger partial charge in [-0.1, -0.05) is 25.4 Å². The van der Waals surface area contributed by atoms with Crippen LogP contribution in [0.3, 0.4) is 0 Å². The summed E-state index contributed by atoms with van der Waals surface area (Å²) < 4.78 is 43.7. The summed E-state index contributed by atoms with van der Waals surface area (Å²) in [7, 11) is 0. The second-order valence-electron chi connectivity index (χ2n) is 5.60. The van der Waals surface area contributed by atoms with Gasteiger partial charge in [-0.05, 0) is 25.2 Å². The van der Waals surface area contributed by atoms with Crippen molar-refractivity contribution in [3.63, 3.8) is 0 Å². The van der Waals surface area contributed by atoms with Crippen LogP contribution in [-0.2, 0) is 0 Å². The lowest BCUT2D eigenvalue weighted by Crippen LogP contribution is -2.28. The molecule has 1 aliphatic carbocycles. The van der Waals surface area contributed by atoms with Crippen LogP contribution >= 0.6 is 0 Å². The monoisotopic (exact) mass is 276 g/mol. The SMILES string of the molecule is CC(C)c1c(N)noc1C1CCCC(C(F)(F)F)C1. The van der Waals surface area contributed by atoms with Gasteiger partial charge in [-0.25, -0.2) is 0 Å². The first kappa shape index (κ1) is 14.2. The Labute approximate surface area is 110 Å².